The van der Waals surface area contributed by atoms with Gasteiger partial charge in [0.25, 0.3) is 0 Å². The molecule has 1 atom stereocenters. The normalized spacial score (nSPS) is 18.3. The number of rotatable bonds is 5. The Bertz CT molecular complexity index is 404. The van der Waals surface area contributed by atoms with Gasteiger partial charge in [0.15, 0.2) is 0 Å². The van der Waals surface area contributed by atoms with E-state index in [1.165, 1.54) is 24.0 Å². The maximum atomic E-state index is 5.47. The van der Waals surface area contributed by atoms with Crippen LogP contribution in [0, 0.1) is 0 Å². The number of fused-ring (bicyclic) bond motifs is 1. The van der Waals surface area contributed by atoms with Crippen LogP contribution in [0.1, 0.15) is 30.9 Å². The van der Waals surface area contributed by atoms with Gasteiger partial charge in [-0.1, -0.05) is 6.92 Å². The Morgan fingerprint density at radius 2 is 2.11 bits per heavy atom. The highest BCUT2D eigenvalue weighted by Crippen LogP contribution is 2.33. The Hall–Kier alpha value is -1.22. The van der Waals surface area contributed by atoms with Crippen LogP contribution in [0.15, 0.2) is 12.1 Å². The van der Waals surface area contributed by atoms with Gasteiger partial charge in [-0.25, -0.2) is 0 Å². The predicted octanol–water partition coefficient (Wildman–Crippen LogP) is 2.56. The van der Waals surface area contributed by atoms with Crippen LogP contribution >= 0.6 is 0 Å². The van der Waals surface area contributed by atoms with Gasteiger partial charge in [0.05, 0.1) is 14.2 Å². The minimum atomic E-state index is 0.592. The van der Waals surface area contributed by atoms with Gasteiger partial charge in [0.2, 0.25) is 0 Å². The SMILES string of the molecule is CCCN[C@H]1CCc2c(cc(OC)cc2OC)C1. The van der Waals surface area contributed by atoms with Crippen LogP contribution in [0.3, 0.4) is 0 Å². The molecule has 100 valence electrons. The summed E-state index contributed by atoms with van der Waals surface area (Å²) in [4.78, 5) is 0. The first kappa shape index (κ1) is 13.2. The van der Waals surface area contributed by atoms with Crippen molar-refractivity contribution in [3.8, 4) is 11.5 Å². The summed E-state index contributed by atoms with van der Waals surface area (Å²) < 4.78 is 10.8. The summed E-state index contributed by atoms with van der Waals surface area (Å²) in [5.74, 6) is 1.86. The van der Waals surface area contributed by atoms with Crippen LogP contribution in [0.4, 0.5) is 0 Å². The highest BCUT2D eigenvalue weighted by atomic mass is 16.5. The summed E-state index contributed by atoms with van der Waals surface area (Å²) in [6.45, 7) is 3.30. The van der Waals surface area contributed by atoms with Crippen LogP contribution in [-0.2, 0) is 12.8 Å². The lowest BCUT2D eigenvalue weighted by Gasteiger charge is -2.27. The second-order valence-corrected chi connectivity index (χ2v) is 4.86. The number of benzene rings is 1. The molecule has 2 rings (SSSR count). The summed E-state index contributed by atoms with van der Waals surface area (Å²) in [6.07, 6.45) is 4.53. The average Bonchev–Trinajstić information content (AvgIpc) is 2.43. The molecular weight excluding hydrogens is 226 g/mol. The van der Waals surface area contributed by atoms with E-state index in [1.807, 2.05) is 6.07 Å². The Labute approximate surface area is 109 Å². The number of nitrogens with one attached hydrogen (secondary N) is 1. The number of ether oxygens (including phenoxy) is 2. The van der Waals surface area contributed by atoms with Crippen molar-refractivity contribution in [1.82, 2.24) is 5.32 Å². The van der Waals surface area contributed by atoms with E-state index < -0.39 is 0 Å². The highest BCUT2D eigenvalue weighted by molar-refractivity contribution is 5.48. The number of hydrogen-bond donors (Lipinski definition) is 1. The first-order chi connectivity index (χ1) is 8.78. The molecule has 0 bridgehead atoms. The van der Waals surface area contributed by atoms with E-state index in [-0.39, 0.29) is 0 Å². The van der Waals surface area contributed by atoms with Crippen molar-refractivity contribution in [1.29, 1.82) is 0 Å². The largest absolute Gasteiger partial charge is 0.497 e. The Balaban J connectivity index is 2.19. The standard InChI is InChI=1S/C15H23NO2/c1-4-7-16-12-5-6-14-11(8-12)9-13(17-2)10-15(14)18-3/h9-10,12,16H,4-8H2,1-3H3/t12-/m0/s1. The van der Waals surface area contributed by atoms with E-state index in [0.717, 1.165) is 30.9 Å². The molecule has 0 unspecified atom stereocenters. The van der Waals surface area contributed by atoms with E-state index in [4.69, 9.17) is 9.47 Å². The second kappa shape index (κ2) is 6.10. The first-order valence-corrected chi connectivity index (χ1v) is 6.75. The van der Waals surface area contributed by atoms with Crippen molar-refractivity contribution in [3.63, 3.8) is 0 Å². The molecule has 1 aliphatic carbocycles. The molecule has 0 heterocycles. The molecule has 1 aromatic rings. The fourth-order valence-corrected chi connectivity index (χ4v) is 2.65. The minimum Gasteiger partial charge on any atom is -0.497 e. The number of methoxy groups -OCH3 is 2. The van der Waals surface area contributed by atoms with Gasteiger partial charge in [-0.15, -0.1) is 0 Å². The fourth-order valence-electron chi connectivity index (χ4n) is 2.65. The van der Waals surface area contributed by atoms with E-state index in [0.29, 0.717) is 6.04 Å². The van der Waals surface area contributed by atoms with E-state index in [2.05, 4.69) is 18.3 Å². The summed E-state index contributed by atoms with van der Waals surface area (Å²) in [5, 5.41) is 3.61. The fraction of sp³-hybridized carbons (Fsp3) is 0.600. The monoisotopic (exact) mass is 249 g/mol. The summed E-state index contributed by atoms with van der Waals surface area (Å²) in [7, 11) is 3.44. The molecule has 0 fully saturated rings. The van der Waals surface area contributed by atoms with Crippen molar-refractivity contribution in [2.24, 2.45) is 0 Å². The van der Waals surface area contributed by atoms with Crippen LogP contribution in [-0.4, -0.2) is 26.8 Å². The third kappa shape index (κ3) is 2.78. The first-order valence-electron chi connectivity index (χ1n) is 6.75. The lowest BCUT2D eigenvalue weighted by Crippen LogP contribution is -2.35. The van der Waals surface area contributed by atoms with Crippen LogP contribution in [0.5, 0.6) is 11.5 Å². The van der Waals surface area contributed by atoms with Crippen molar-refractivity contribution in [2.45, 2.75) is 38.6 Å². The lowest BCUT2D eigenvalue weighted by atomic mass is 9.87. The zero-order valence-electron chi connectivity index (χ0n) is 11.6. The molecule has 1 aromatic carbocycles. The topological polar surface area (TPSA) is 30.5 Å². The summed E-state index contributed by atoms with van der Waals surface area (Å²) in [6, 6.07) is 4.73. The number of hydrogen-bond acceptors (Lipinski definition) is 3. The minimum absolute atomic E-state index is 0.592. The van der Waals surface area contributed by atoms with Crippen molar-refractivity contribution in [2.75, 3.05) is 20.8 Å². The quantitative estimate of drug-likeness (QED) is 0.870. The smallest absolute Gasteiger partial charge is 0.126 e. The van der Waals surface area contributed by atoms with Crippen molar-refractivity contribution >= 4 is 0 Å². The molecule has 0 amide bonds. The molecule has 1 aliphatic rings. The molecular formula is C15H23NO2. The van der Waals surface area contributed by atoms with E-state index in [9.17, 15) is 0 Å². The van der Waals surface area contributed by atoms with Crippen molar-refractivity contribution in [3.05, 3.63) is 23.3 Å². The van der Waals surface area contributed by atoms with Crippen LogP contribution in [0.25, 0.3) is 0 Å². The zero-order valence-corrected chi connectivity index (χ0v) is 11.6. The summed E-state index contributed by atoms with van der Waals surface area (Å²) in [5.41, 5.74) is 2.72. The molecule has 3 nitrogen and oxygen atoms in total. The molecule has 0 saturated heterocycles. The van der Waals surface area contributed by atoms with Gasteiger partial charge in [-0.2, -0.15) is 0 Å². The average molecular weight is 249 g/mol. The molecule has 3 heteroatoms. The predicted molar refractivity (Wildman–Crippen MR) is 73.7 cm³/mol. The molecule has 0 aromatic heterocycles. The Morgan fingerprint density at radius 3 is 2.78 bits per heavy atom. The van der Waals surface area contributed by atoms with Crippen molar-refractivity contribution < 1.29 is 9.47 Å². The maximum Gasteiger partial charge on any atom is 0.126 e. The van der Waals surface area contributed by atoms with Gasteiger partial charge < -0.3 is 14.8 Å². The second-order valence-electron chi connectivity index (χ2n) is 4.86. The van der Waals surface area contributed by atoms with Crippen LogP contribution in [0.2, 0.25) is 0 Å². The van der Waals surface area contributed by atoms with Gasteiger partial charge in [-0.3, -0.25) is 0 Å². The Kier molecular flexibility index (Phi) is 4.48. The lowest BCUT2D eigenvalue weighted by molar-refractivity contribution is 0.381. The molecule has 0 saturated carbocycles. The van der Waals surface area contributed by atoms with Crippen LogP contribution < -0.4 is 14.8 Å². The van der Waals surface area contributed by atoms with Gasteiger partial charge in [0, 0.05) is 12.1 Å². The zero-order chi connectivity index (χ0) is 13.0. The Morgan fingerprint density at radius 1 is 1.28 bits per heavy atom. The van der Waals surface area contributed by atoms with E-state index >= 15 is 0 Å². The molecule has 0 aliphatic heterocycles. The maximum absolute atomic E-state index is 5.47. The third-order valence-corrected chi connectivity index (χ3v) is 3.62. The third-order valence-electron chi connectivity index (χ3n) is 3.62. The highest BCUT2D eigenvalue weighted by Gasteiger charge is 2.21. The molecule has 0 radical (unpaired) electrons. The molecule has 0 spiro atoms. The van der Waals surface area contributed by atoms with Gasteiger partial charge >= 0.3 is 0 Å². The molecule has 1 N–H and O–H groups in total. The van der Waals surface area contributed by atoms with Gasteiger partial charge in [-0.05, 0) is 49.4 Å². The summed E-state index contributed by atoms with van der Waals surface area (Å²) >= 11 is 0. The van der Waals surface area contributed by atoms with E-state index in [1.54, 1.807) is 14.2 Å². The molecule has 18 heavy (non-hydrogen) atoms. The van der Waals surface area contributed by atoms with Gasteiger partial charge in [0.1, 0.15) is 11.5 Å².